The molecule has 4 aromatic rings. The van der Waals surface area contributed by atoms with E-state index in [9.17, 15) is 18.0 Å². The van der Waals surface area contributed by atoms with Crippen molar-refractivity contribution in [3.63, 3.8) is 0 Å². The molecule has 8 nitrogen and oxygen atoms in total. The highest BCUT2D eigenvalue weighted by Crippen LogP contribution is 2.26. The van der Waals surface area contributed by atoms with Gasteiger partial charge in [0.2, 0.25) is 5.43 Å². The highest BCUT2D eigenvalue weighted by atomic mass is 32.2. The summed E-state index contributed by atoms with van der Waals surface area (Å²) in [7, 11) is -2.46. The Morgan fingerprint density at radius 1 is 1.09 bits per heavy atom. The number of pyridine rings is 2. The molecule has 0 saturated carbocycles. The lowest BCUT2D eigenvalue weighted by molar-refractivity contribution is 0.0949. The number of carbonyl (C=O) groups excluding carboxylic acids is 1. The van der Waals surface area contributed by atoms with E-state index in [-0.39, 0.29) is 22.4 Å². The zero-order valence-electron chi connectivity index (χ0n) is 18.1. The summed E-state index contributed by atoms with van der Waals surface area (Å²) >= 11 is 0. The minimum atomic E-state index is -3.93. The number of nitrogens with zero attached hydrogens (tertiary/aromatic N) is 2. The summed E-state index contributed by atoms with van der Waals surface area (Å²) in [6.07, 6.45) is 2.94. The van der Waals surface area contributed by atoms with Crippen molar-refractivity contribution >= 4 is 32.5 Å². The van der Waals surface area contributed by atoms with E-state index < -0.39 is 21.4 Å². The second kappa shape index (κ2) is 8.87. The van der Waals surface area contributed by atoms with Crippen LogP contribution in [0.5, 0.6) is 0 Å². The highest BCUT2D eigenvalue weighted by molar-refractivity contribution is 7.92. The molecule has 0 unspecified atom stereocenters. The van der Waals surface area contributed by atoms with Crippen molar-refractivity contribution in [1.29, 1.82) is 0 Å². The first-order valence-electron chi connectivity index (χ1n) is 10.2. The standard InChI is InChI=1S/C24H22N4O4S/c1-16-7-3-4-9-22(16)28(2)33(31,32)18-10-11-21-19(13-18)23(29)20(15-26-21)24(30)27-14-17-8-5-6-12-25-17/h3-13,15H,14H2,1-2H3,(H,26,29)(H,27,30). The van der Waals surface area contributed by atoms with Crippen molar-refractivity contribution in [2.45, 2.75) is 18.4 Å². The molecule has 2 N–H and O–H groups in total. The van der Waals surface area contributed by atoms with Gasteiger partial charge in [-0.05, 0) is 48.9 Å². The van der Waals surface area contributed by atoms with E-state index in [0.717, 1.165) is 5.56 Å². The van der Waals surface area contributed by atoms with Crippen molar-refractivity contribution in [1.82, 2.24) is 15.3 Å². The molecule has 2 heterocycles. The van der Waals surface area contributed by atoms with Crippen LogP contribution in [0.15, 0.2) is 82.7 Å². The zero-order valence-corrected chi connectivity index (χ0v) is 18.9. The summed E-state index contributed by atoms with van der Waals surface area (Å²) in [5, 5.41) is 2.77. The van der Waals surface area contributed by atoms with Gasteiger partial charge in [0.15, 0.2) is 0 Å². The predicted molar refractivity (Wildman–Crippen MR) is 127 cm³/mol. The number of H-pyrrole nitrogens is 1. The van der Waals surface area contributed by atoms with Gasteiger partial charge in [-0.2, -0.15) is 0 Å². The molecule has 0 atom stereocenters. The Balaban J connectivity index is 1.68. The van der Waals surface area contributed by atoms with Gasteiger partial charge in [-0.15, -0.1) is 0 Å². The molecule has 0 aliphatic rings. The normalized spacial score (nSPS) is 11.3. The van der Waals surface area contributed by atoms with Gasteiger partial charge >= 0.3 is 0 Å². The van der Waals surface area contributed by atoms with E-state index in [2.05, 4.69) is 15.3 Å². The van der Waals surface area contributed by atoms with Gasteiger partial charge in [0.05, 0.1) is 22.8 Å². The summed E-state index contributed by atoms with van der Waals surface area (Å²) in [4.78, 5) is 32.6. The summed E-state index contributed by atoms with van der Waals surface area (Å²) < 4.78 is 27.7. The Kier molecular flexibility index (Phi) is 5.97. The first-order valence-corrected chi connectivity index (χ1v) is 11.6. The minimum absolute atomic E-state index is 0.0442. The Hall–Kier alpha value is -3.98. The molecule has 0 bridgehead atoms. The lowest BCUT2D eigenvalue weighted by atomic mass is 10.1. The maximum Gasteiger partial charge on any atom is 0.264 e. The van der Waals surface area contributed by atoms with Gasteiger partial charge in [-0.1, -0.05) is 24.3 Å². The van der Waals surface area contributed by atoms with E-state index in [4.69, 9.17) is 0 Å². The first-order chi connectivity index (χ1) is 15.8. The molecule has 9 heteroatoms. The number of sulfonamides is 1. The highest BCUT2D eigenvalue weighted by Gasteiger charge is 2.23. The third-order valence-corrected chi connectivity index (χ3v) is 7.13. The quantitative estimate of drug-likeness (QED) is 0.458. The molecule has 33 heavy (non-hydrogen) atoms. The number of rotatable bonds is 6. The van der Waals surface area contributed by atoms with Crippen LogP contribution >= 0.6 is 0 Å². The number of anilines is 1. The molecule has 4 rings (SSSR count). The molecule has 1 amide bonds. The van der Waals surface area contributed by atoms with Crippen LogP contribution in [0.4, 0.5) is 5.69 Å². The van der Waals surface area contributed by atoms with Crippen LogP contribution in [0.2, 0.25) is 0 Å². The Morgan fingerprint density at radius 3 is 2.58 bits per heavy atom. The van der Waals surface area contributed by atoms with Gasteiger partial charge in [-0.3, -0.25) is 18.9 Å². The number of para-hydroxylation sites is 1. The second-order valence-electron chi connectivity index (χ2n) is 7.50. The fourth-order valence-electron chi connectivity index (χ4n) is 3.50. The monoisotopic (exact) mass is 462 g/mol. The van der Waals surface area contributed by atoms with E-state index in [1.54, 1.807) is 36.5 Å². The third-order valence-electron chi connectivity index (χ3n) is 5.37. The van der Waals surface area contributed by atoms with Crippen LogP contribution in [0.1, 0.15) is 21.6 Å². The number of fused-ring (bicyclic) bond motifs is 1. The van der Waals surface area contributed by atoms with E-state index in [1.165, 1.54) is 35.7 Å². The van der Waals surface area contributed by atoms with Gasteiger partial charge in [0.1, 0.15) is 5.56 Å². The third kappa shape index (κ3) is 4.35. The number of carbonyl (C=O) groups is 1. The van der Waals surface area contributed by atoms with E-state index >= 15 is 0 Å². The smallest absolute Gasteiger partial charge is 0.264 e. The van der Waals surface area contributed by atoms with Crippen molar-refractivity contribution in [3.05, 3.63) is 100 Å². The SMILES string of the molecule is Cc1ccccc1N(C)S(=O)(=O)c1ccc2[nH]cc(C(=O)NCc3ccccn3)c(=O)c2c1. The lowest BCUT2D eigenvalue weighted by Gasteiger charge is -2.21. The molecule has 0 aliphatic carbocycles. The zero-order chi connectivity index (χ0) is 23.6. The van der Waals surface area contributed by atoms with Crippen molar-refractivity contribution in [2.75, 3.05) is 11.4 Å². The van der Waals surface area contributed by atoms with Crippen molar-refractivity contribution in [3.8, 4) is 0 Å². The molecule has 168 valence electrons. The minimum Gasteiger partial charge on any atom is -0.360 e. The molecule has 0 radical (unpaired) electrons. The molecule has 0 spiro atoms. The molecular weight excluding hydrogens is 440 g/mol. The van der Waals surface area contributed by atoms with Crippen LogP contribution in [-0.2, 0) is 16.6 Å². The van der Waals surface area contributed by atoms with Gasteiger partial charge in [-0.25, -0.2) is 8.42 Å². The number of aromatic amines is 1. The molecule has 0 aliphatic heterocycles. The summed E-state index contributed by atoms with van der Waals surface area (Å²) in [6.45, 7) is 1.98. The second-order valence-corrected chi connectivity index (χ2v) is 9.47. The Morgan fingerprint density at radius 2 is 1.85 bits per heavy atom. The van der Waals surface area contributed by atoms with E-state index in [1.807, 2.05) is 19.1 Å². The molecule has 2 aromatic heterocycles. The lowest BCUT2D eigenvalue weighted by Crippen LogP contribution is -2.29. The first kappa shape index (κ1) is 22.2. The maximum absolute atomic E-state index is 13.2. The largest absolute Gasteiger partial charge is 0.360 e. The molecule has 2 aromatic carbocycles. The number of hydrogen-bond acceptors (Lipinski definition) is 5. The molecule has 0 fully saturated rings. The number of aryl methyl sites for hydroxylation is 1. The summed E-state index contributed by atoms with van der Waals surface area (Å²) in [6, 6.07) is 16.7. The Bertz CT molecular complexity index is 1500. The summed E-state index contributed by atoms with van der Waals surface area (Å²) in [5.74, 6) is -0.575. The van der Waals surface area contributed by atoms with Crippen molar-refractivity contribution in [2.24, 2.45) is 0 Å². The van der Waals surface area contributed by atoms with Crippen LogP contribution in [0.3, 0.4) is 0 Å². The molecule has 0 saturated heterocycles. The Labute approximate surface area is 191 Å². The number of amides is 1. The topological polar surface area (TPSA) is 112 Å². The number of aromatic nitrogens is 2. The fraction of sp³-hybridized carbons (Fsp3) is 0.125. The predicted octanol–water partition coefficient (Wildman–Crippen LogP) is 2.99. The van der Waals surface area contributed by atoms with Crippen LogP contribution in [0.25, 0.3) is 10.9 Å². The average Bonchev–Trinajstić information content (AvgIpc) is 2.83. The van der Waals surface area contributed by atoms with Crippen molar-refractivity contribution < 1.29 is 13.2 Å². The van der Waals surface area contributed by atoms with Gasteiger partial charge < -0.3 is 10.3 Å². The van der Waals surface area contributed by atoms with Crippen LogP contribution in [-0.4, -0.2) is 31.3 Å². The number of nitrogens with one attached hydrogen (secondary N) is 2. The van der Waals surface area contributed by atoms with Crippen LogP contribution in [0, 0.1) is 6.92 Å². The molecular formula is C24H22N4O4S. The number of benzene rings is 2. The average molecular weight is 463 g/mol. The van der Waals surface area contributed by atoms with E-state index in [0.29, 0.717) is 16.9 Å². The maximum atomic E-state index is 13.2. The van der Waals surface area contributed by atoms with Gasteiger partial charge in [0.25, 0.3) is 15.9 Å². The van der Waals surface area contributed by atoms with Crippen LogP contribution < -0.4 is 15.1 Å². The van der Waals surface area contributed by atoms with Gasteiger partial charge in [0, 0.05) is 30.3 Å². The summed E-state index contributed by atoms with van der Waals surface area (Å²) in [5.41, 5.74) is 1.75. The number of hydrogen-bond donors (Lipinski definition) is 2. The fourth-order valence-corrected chi connectivity index (χ4v) is 4.79.